The van der Waals surface area contributed by atoms with Gasteiger partial charge in [0.05, 0.1) is 6.54 Å². The molecule has 1 amide bonds. The summed E-state index contributed by atoms with van der Waals surface area (Å²) in [6, 6.07) is 0. The lowest BCUT2D eigenvalue weighted by Crippen LogP contribution is -2.32. The number of rotatable bonds is 10. The van der Waals surface area contributed by atoms with E-state index in [0.29, 0.717) is 5.76 Å². The summed E-state index contributed by atoms with van der Waals surface area (Å²) in [5.74, 6) is -0.00219. The highest BCUT2D eigenvalue weighted by Crippen LogP contribution is 2.27. The van der Waals surface area contributed by atoms with Gasteiger partial charge in [-0.05, 0) is 51.7 Å². The van der Waals surface area contributed by atoms with E-state index in [-0.39, 0.29) is 12.8 Å². The van der Waals surface area contributed by atoms with Crippen molar-refractivity contribution in [2.45, 2.75) is 59.5 Å². The molecular weight excluding hydrogens is 278 g/mol. The molecule has 0 saturated heterocycles. The summed E-state index contributed by atoms with van der Waals surface area (Å²) < 4.78 is 6.06. The summed E-state index contributed by atoms with van der Waals surface area (Å²) in [6.07, 6.45) is 11.3. The van der Waals surface area contributed by atoms with Gasteiger partial charge in [0, 0.05) is 0 Å². The molecule has 0 aliphatic heterocycles. The zero-order chi connectivity index (χ0) is 17.0. The fraction of sp³-hybridized carbons (Fsp3) is 0.556. The van der Waals surface area contributed by atoms with E-state index in [1.807, 2.05) is 20.8 Å². The van der Waals surface area contributed by atoms with Crippen LogP contribution < -0.4 is 5.32 Å². The van der Waals surface area contributed by atoms with Crippen molar-refractivity contribution < 1.29 is 14.3 Å². The van der Waals surface area contributed by atoms with Gasteiger partial charge < -0.3 is 10.1 Å². The summed E-state index contributed by atoms with van der Waals surface area (Å²) in [4.78, 5) is 21.4. The fourth-order valence-electron chi connectivity index (χ4n) is 2.00. The average Bonchev–Trinajstić information content (AvgIpc) is 2.50. The van der Waals surface area contributed by atoms with Crippen LogP contribution in [0.1, 0.15) is 53.9 Å². The van der Waals surface area contributed by atoms with E-state index < -0.39 is 11.5 Å². The topological polar surface area (TPSA) is 55.4 Å². The molecule has 0 aliphatic rings. The number of aldehydes is 1. The van der Waals surface area contributed by atoms with Crippen LogP contribution in [0.25, 0.3) is 0 Å². The Morgan fingerprint density at radius 2 is 1.86 bits per heavy atom. The Morgan fingerprint density at radius 1 is 1.18 bits per heavy atom. The summed E-state index contributed by atoms with van der Waals surface area (Å²) in [5, 5.41) is 2.50. The zero-order valence-electron chi connectivity index (χ0n) is 14.4. The van der Waals surface area contributed by atoms with Crippen LogP contribution in [0.4, 0.5) is 0 Å². The van der Waals surface area contributed by atoms with Gasteiger partial charge in [-0.3, -0.25) is 9.59 Å². The third-order valence-corrected chi connectivity index (χ3v) is 3.22. The molecule has 124 valence electrons. The van der Waals surface area contributed by atoms with Crippen molar-refractivity contribution in [2.75, 3.05) is 6.54 Å². The van der Waals surface area contributed by atoms with E-state index in [1.165, 1.54) is 5.57 Å². The fourth-order valence-corrected chi connectivity index (χ4v) is 2.00. The maximum absolute atomic E-state index is 11.0. The molecule has 0 radical (unpaired) electrons. The molecule has 1 N–H and O–H groups in total. The normalized spacial score (nSPS) is 13.3. The summed E-state index contributed by atoms with van der Waals surface area (Å²) >= 11 is 0. The molecule has 4 heteroatoms. The molecule has 0 aromatic heterocycles. The minimum absolute atomic E-state index is 0.210. The Labute approximate surface area is 134 Å². The Bertz CT molecular complexity index is 445. The molecule has 0 aromatic carbocycles. The number of carbonyl (C=O) groups excluding carboxylic acids is 2. The second kappa shape index (κ2) is 10.8. The van der Waals surface area contributed by atoms with Crippen LogP contribution in [-0.4, -0.2) is 24.3 Å². The van der Waals surface area contributed by atoms with Gasteiger partial charge in [0.1, 0.15) is 11.4 Å². The maximum atomic E-state index is 11.0. The first-order valence-electron chi connectivity index (χ1n) is 7.82. The minimum atomic E-state index is -0.643. The van der Waals surface area contributed by atoms with Gasteiger partial charge in [0.25, 0.3) is 5.91 Å². The number of hydrogen-bond donors (Lipinski definition) is 1. The van der Waals surface area contributed by atoms with Gasteiger partial charge in [-0.2, -0.15) is 0 Å². The van der Waals surface area contributed by atoms with Crippen LogP contribution in [0.5, 0.6) is 0 Å². The SMILES string of the molecule is CC=C(CNC(=O)C=O)OC(C)(C)/C(=C/CC)C/C=C\CC. The number of amides is 1. The number of allylic oxidation sites excluding steroid dienone is 4. The summed E-state index contributed by atoms with van der Waals surface area (Å²) in [5.41, 5.74) is 0.725. The minimum Gasteiger partial charge on any atom is -0.486 e. The highest BCUT2D eigenvalue weighted by Gasteiger charge is 2.25. The predicted molar refractivity (Wildman–Crippen MR) is 90.4 cm³/mol. The van der Waals surface area contributed by atoms with Crippen molar-refractivity contribution in [3.05, 3.63) is 35.6 Å². The Morgan fingerprint density at radius 3 is 2.36 bits per heavy atom. The molecule has 22 heavy (non-hydrogen) atoms. The second-order valence-electron chi connectivity index (χ2n) is 5.42. The highest BCUT2D eigenvalue weighted by molar-refractivity contribution is 6.23. The molecule has 4 nitrogen and oxygen atoms in total. The van der Waals surface area contributed by atoms with E-state index in [0.717, 1.165) is 19.3 Å². The molecule has 0 aliphatic carbocycles. The van der Waals surface area contributed by atoms with Gasteiger partial charge in [-0.15, -0.1) is 0 Å². The molecule has 0 unspecified atom stereocenters. The lowest BCUT2D eigenvalue weighted by Gasteiger charge is -2.31. The number of ether oxygens (including phenoxy) is 1. The van der Waals surface area contributed by atoms with E-state index in [9.17, 15) is 9.59 Å². The first-order valence-corrected chi connectivity index (χ1v) is 7.82. The zero-order valence-corrected chi connectivity index (χ0v) is 14.4. The third-order valence-electron chi connectivity index (χ3n) is 3.22. The number of carbonyl (C=O) groups is 2. The second-order valence-corrected chi connectivity index (χ2v) is 5.42. The van der Waals surface area contributed by atoms with Crippen molar-refractivity contribution in [3.63, 3.8) is 0 Å². The first-order chi connectivity index (χ1) is 10.4. The van der Waals surface area contributed by atoms with Crippen molar-refractivity contribution >= 4 is 12.2 Å². The van der Waals surface area contributed by atoms with E-state index in [1.54, 1.807) is 6.08 Å². The third kappa shape index (κ3) is 7.81. The Balaban J connectivity index is 4.91. The first kappa shape index (κ1) is 20.2. The van der Waals surface area contributed by atoms with Gasteiger partial charge in [0.15, 0.2) is 0 Å². The van der Waals surface area contributed by atoms with Crippen molar-refractivity contribution in [3.8, 4) is 0 Å². The molecule has 0 heterocycles. The largest absolute Gasteiger partial charge is 0.486 e. The average molecular weight is 307 g/mol. The monoisotopic (exact) mass is 307 g/mol. The quantitative estimate of drug-likeness (QED) is 0.290. The molecule has 0 rings (SSSR count). The van der Waals surface area contributed by atoms with Crippen LogP contribution in [0.2, 0.25) is 0 Å². The van der Waals surface area contributed by atoms with E-state index >= 15 is 0 Å². The van der Waals surface area contributed by atoms with Crippen molar-refractivity contribution in [1.82, 2.24) is 5.32 Å². The van der Waals surface area contributed by atoms with Crippen molar-refractivity contribution in [1.29, 1.82) is 0 Å². The molecule has 0 fully saturated rings. The molecule has 0 bridgehead atoms. The van der Waals surface area contributed by atoms with Crippen LogP contribution in [0.3, 0.4) is 0 Å². The van der Waals surface area contributed by atoms with Crippen LogP contribution >= 0.6 is 0 Å². The summed E-state index contributed by atoms with van der Waals surface area (Å²) in [7, 11) is 0. The Hall–Kier alpha value is -1.84. The van der Waals surface area contributed by atoms with Gasteiger partial charge in [-0.1, -0.05) is 32.1 Å². The predicted octanol–water partition coefficient (Wildman–Crippen LogP) is 3.69. The van der Waals surface area contributed by atoms with Crippen molar-refractivity contribution in [2.24, 2.45) is 0 Å². The van der Waals surface area contributed by atoms with Gasteiger partial charge in [-0.25, -0.2) is 0 Å². The van der Waals surface area contributed by atoms with Gasteiger partial charge >= 0.3 is 0 Å². The van der Waals surface area contributed by atoms with Gasteiger partial charge in [0.2, 0.25) is 6.29 Å². The molecular formula is C18H29NO3. The standard InChI is InChI=1S/C18H29NO3/c1-6-9-10-12-15(11-7-2)18(4,5)22-16(8-3)13-19-17(21)14-20/h8-11,14H,6-7,12-13H2,1-5H3,(H,19,21)/b10-9-,15-11+,16-8?. The number of nitrogens with one attached hydrogen (secondary N) is 1. The van der Waals surface area contributed by atoms with E-state index in [2.05, 4.69) is 37.4 Å². The molecule has 0 atom stereocenters. The Kier molecular flexibility index (Phi) is 9.92. The molecule has 0 aromatic rings. The lowest BCUT2D eigenvalue weighted by molar-refractivity contribution is -0.131. The van der Waals surface area contributed by atoms with Crippen LogP contribution in [-0.2, 0) is 14.3 Å². The smallest absolute Gasteiger partial charge is 0.284 e. The van der Waals surface area contributed by atoms with Crippen LogP contribution in [0.15, 0.2) is 35.6 Å². The molecule has 0 spiro atoms. The van der Waals surface area contributed by atoms with Crippen LogP contribution in [0, 0.1) is 0 Å². The van der Waals surface area contributed by atoms with E-state index in [4.69, 9.17) is 4.74 Å². The lowest BCUT2D eigenvalue weighted by atomic mass is 9.93. The molecule has 0 saturated carbocycles. The maximum Gasteiger partial charge on any atom is 0.284 e. The highest BCUT2D eigenvalue weighted by atomic mass is 16.5. The number of hydrogen-bond acceptors (Lipinski definition) is 3. The summed E-state index contributed by atoms with van der Waals surface area (Å²) in [6.45, 7) is 10.3.